The predicted molar refractivity (Wildman–Crippen MR) is 79.3 cm³/mol. The highest BCUT2D eigenvalue weighted by molar-refractivity contribution is 5.90. The molecule has 2 aromatic rings. The standard InChI is InChI=1S/C16H18FN3O/c17-13-1-3-15(4-2-13)19-16(21)11-20-8-7-12(10-20)9-18-14-5-6-14/h1-4,7-8,10,14,18H,5-6,9,11H2,(H,19,21). The van der Waals surface area contributed by atoms with Gasteiger partial charge in [0.05, 0.1) is 0 Å². The van der Waals surface area contributed by atoms with E-state index in [-0.39, 0.29) is 18.3 Å². The average Bonchev–Trinajstić information content (AvgIpc) is 3.19. The van der Waals surface area contributed by atoms with Crippen LogP contribution in [0.2, 0.25) is 0 Å². The maximum Gasteiger partial charge on any atom is 0.244 e. The number of rotatable bonds is 6. The first-order valence-corrected chi connectivity index (χ1v) is 7.12. The first kappa shape index (κ1) is 13.8. The minimum atomic E-state index is -0.314. The van der Waals surface area contributed by atoms with E-state index < -0.39 is 0 Å². The van der Waals surface area contributed by atoms with E-state index in [9.17, 15) is 9.18 Å². The molecule has 21 heavy (non-hydrogen) atoms. The van der Waals surface area contributed by atoms with Gasteiger partial charge in [0.15, 0.2) is 0 Å². The van der Waals surface area contributed by atoms with Crippen molar-refractivity contribution in [1.82, 2.24) is 9.88 Å². The van der Waals surface area contributed by atoms with E-state index in [1.54, 1.807) is 12.1 Å². The van der Waals surface area contributed by atoms with Crippen LogP contribution >= 0.6 is 0 Å². The minimum Gasteiger partial charge on any atom is -0.345 e. The van der Waals surface area contributed by atoms with E-state index in [1.807, 2.05) is 23.0 Å². The first-order valence-electron chi connectivity index (χ1n) is 7.12. The van der Waals surface area contributed by atoms with Crippen molar-refractivity contribution in [3.05, 3.63) is 54.1 Å². The Kier molecular flexibility index (Phi) is 4.01. The molecule has 0 aliphatic heterocycles. The van der Waals surface area contributed by atoms with Crippen LogP contribution in [0.25, 0.3) is 0 Å². The fraction of sp³-hybridized carbons (Fsp3) is 0.312. The van der Waals surface area contributed by atoms with Crippen molar-refractivity contribution in [3.63, 3.8) is 0 Å². The zero-order chi connectivity index (χ0) is 14.7. The maximum absolute atomic E-state index is 12.8. The third kappa shape index (κ3) is 4.16. The third-order valence-corrected chi connectivity index (χ3v) is 3.44. The SMILES string of the molecule is O=C(Cn1ccc(CNC2CC2)c1)Nc1ccc(F)cc1. The van der Waals surface area contributed by atoms with Crippen molar-refractivity contribution < 1.29 is 9.18 Å². The number of hydrogen-bond acceptors (Lipinski definition) is 2. The van der Waals surface area contributed by atoms with Crippen molar-refractivity contribution >= 4 is 11.6 Å². The van der Waals surface area contributed by atoms with Gasteiger partial charge in [-0.25, -0.2) is 4.39 Å². The van der Waals surface area contributed by atoms with Crippen LogP contribution in [0.4, 0.5) is 10.1 Å². The van der Waals surface area contributed by atoms with Crippen LogP contribution in [0.3, 0.4) is 0 Å². The molecule has 0 saturated heterocycles. The number of benzene rings is 1. The molecule has 1 amide bonds. The van der Waals surface area contributed by atoms with Crippen LogP contribution in [-0.4, -0.2) is 16.5 Å². The number of nitrogens with zero attached hydrogens (tertiary/aromatic N) is 1. The smallest absolute Gasteiger partial charge is 0.244 e. The Labute approximate surface area is 123 Å². The molecule has 1 aliphatic carbocycles. The van der Waals surface area contributed by atoms with E-state index in [0.29, 0.717) is 11.7 Å². The highest BCUT2D eigenvalue weighted by Gasteiger charge is 2.20. The Morgan fingerprint density at radius 2 is 2.00 bits per heavy atom. The van der Waals surface area contributed by atoms with Crippen molar-refractivity contribution in [1.29, 1.82) is 0 Å². The fourth-order valence-corrected chi connectivity index (χ4v) is 2.14. The second-order valence-electron chi connectivity index (χ2n) is 5.40. The summed E-state index contributed by atoms with van der Waals surface area (Å²) in [5.41, 5.74) is 1.78. The molecule has 2 N–H and O–H groups in total. The van der Waals surface area contributed by atoms with Crippen molar-refractivity contribution in [2.24, 2.45) is 0 Å². The van der Waals surface area contributed by atoms with Crippen LogP contribution in [0.15, 0.2) is 42.7 Å². The van der Waals surface area contributed by atoms with Crippen LogP contribution in [0, 0.1) is 5.82 Å². The summed E-state index contributed by atoms with van der Waals surface area (Å²) in [4.78, 5) is 11.9. The van der Waals surface area contributed by atoms with Gasteiger partial charge in [-0.3, -0.25) is 4.79 Å². The summed E-state index contributed by atoms with van der Waals surface area (Å²) in [5, 5.41) is 6.18. The van der Waals surface area contributed by atoms with Gasteiger partial charge in [-0.05, 0) is 48.7 Å². The van der Waals surface area contributed by atoms with E-state index >= 15 is 0 Å². The number of nitrogens with one attached hydrogen (secondary N) is 2. The van der Waals surface area contributed by atoms with Crippen LogP contribution < -0.4 is 10.6 Å². The number of amides is 1. The second kappa shape index (κ2) is 6.10. The van der Waals surface area contributed by atoms with Crippen LogP contribution in [0.5, 0.6) is 0 Å². The third-order valence-electron chi connectivity index (χ3n) is 3.44. The molecular formula is C16H18FN3O. The van der Waals surface area contributed by atoms with Gasteiger partial charge >= 0.3 is 0 Å². The zero-order valence-corrected chi connectivity index (χ0v) is 11.7. The average molecular weight is 287 g/mol. The topological polar surface area (TPSA) is 46.1 Å². The molecular weight excluding hydrogens is 269 g/mol. The number of anilines is 1. The number of carbonyl (C=O) groups excluding carboxylic acids is 1. The molecule has 1 fully saturated rings. The summed E-state index contributed by atoms with van der Waals surface area (Å²) in [5.74, 6) is -0.440. The molecule has 4 nitrogen and oxygen atoms in total. The van der Waals surface area contributed by atoms with Gasteiger partial charge in [0.2, 0.25) is 5.91 Å². The summed E-state index contributed by atoms with van der Waals surface area (Å²) < 4.78 is 14.6. The molecule has 1 saturated carbocycles. The zero-order valence-electron chi connectivity index (χ0n) is 11.7. The number of aromatic nitrogens is 1. The molecule has 0 bridgehead atoms. The Balaban J connectivity index is 1.50. The van der Waals surface area contributed by atoms with Crippen molar-refractivity contribution in [3.8, 4) is 0 Å². The molecule has 110 valence electrons. The Morgan fingerprint density at radius 3 is 2.71 bits per heavy atom. The van der Waals surface area contributed by atoms with E-state index in [2.05, 4.69) is 10.6 Å². The number of halogens is 1. The van der Waals surface area contributed by atoms with Gasteiger partial charge in [-0.1, -0.05) is 0 Å². The van der Waals surface area contributed by atoms with Gasteiger partial charge < -0.3 is 15.2 Å². The lowest BCUT2D eigenvalue weighted by molar-refractivity contribution is -0.116. The maximum atomic E-state index is 12.8. The highest BCUT2D eigenvalue weighted by atomic mass is 19.1. The summed E-state index contributed by atoms with van der Waals surface area (Å²) in [7, 11) is 0. The Bertz CT molecular complexity index is 617. The normalized spacial score (nSPS) is 14.1. The lowest BCUT2D eigenvalue weighted by Crippen LogP contribution is -2.18. The summed E-state index contributed by atoms with van der Waals surface area (Å²) in [6.45, 7) is 1.10. The first-order chi connectivity index (χ1) is 10.2. The summed E-state index contributed by atoms with van der Waals surface area (Å²) in [6.07, 6.45) is 6.40. The van der Waals surface area contributed by atoms with E-state index in [1.165, 1.54) is 30.5 Å². The molecule has 0 unspecified atom stereocenters. The quantitative estimate of drug-likeness (QED) is 0.857. The predicted octanol–water partition coefficient (Wildman–Crippen LogP) is 2.52. The summed E-state index contributed by atoms with van der Waals surface area (Å²) >= 11 is 0. The van der Waals surface area contributed by atoms with Gasteiger partial charge in [-0.15, -0.1) is 0 Å². The summed E-state index contributed by atoms with van der Waals surface area (Å²) in [6, 6.07) is 8.44. The molecule has 1 aliphatic rings. The molecule has 1 heterocycles. The van der Waals surface area contributed by atoms with Gasteiger partial charge in [0.25, 0.3) is 0 Å². The van der Waals surface area contributed by atoms with Gasteiger partial charge in [0.1, 0.15) is 12.4 Å². The molecule has 0 atom stereocenters. The van der Waals surface area contributed by atoms with Crippen molar-refractivity contribution in [2.45, 2.75) is 32.0 Å². The minimum absolute atomic E-state index is 0.126. The van der Waals surface area contributed by atoms with E-state index in [4.69, 9.17) is 0 Å². The Hall–Kier alpha value is -2.14. The van der Waals surface area contributed by atoms with Crippen LogP contribution in [0.1, 0.15) is 18.4 Å². The fourth-order valence-electron chi connectivity index (χ4n) is 2.14. The highest BCUT2D eigenvalue weighted by Crippen LogP contribution is 2.19. The number of hydrogen-bond donors (Lipinski definition) is 2. The number of carbonyl (C=O) groups is 1. The second-order valence-corrected chi connectivity index (χ2v) is 5.40. The molecule has 3 rings (SSSR count). The molecule has 0 radical (unpaired) electrons. The largest absolute Gasteiger partial charge is 0.345 e. The lowest BCUT2D eigenvalue weighted by atomic mass is 10.3. The Morgan fingerprint density at radius 1 is 1.24 bits per heavy atom. The monoisotopic (exact) mass is 287 g/mol. The van der Waals surface area contributed by atoms with Gasteiger partial charge in [0, 0.05) is 30.7 Å². The molecule has 0 spiro atoms. The lowest BCUT2D eigenvalue weighted by Gasteiger charge is -2.06. The van der Waals surface area contributed by atoms with Gasteiger partial charge in [-0.2, -0.15) is 0 Å². The van der Waals surface area contributed by atoms with E-state index in [0.717, 1.165) is 6.54 Å². The molecule has 1 aromatic carbocycles. The van der Waals surface area contributed by atoms with Crippen molar-refractivity contribution in [2.75, 3.05) is 5.32 Å². The molecule has 1 aromatic heterocycles. The molecule has 5 heteroatoms. The van der Waals surface area contributed by atoms with Crippen LogP contribution in [-0.2, 0) is 17.9 Å².